The molecule has 3 heterocycles. The average Bonchev–Trinajstić information content (AvgIpc) is 3.82. The minimum Gasteiger partial charge on any atom is -0.487 e. The number of likely N-dealkylation sites (N-methyl/N-ethyl adjacent to an activating group) is 1. The standard InChI is InChI=1S/C36H34Cl2F2N6O3/c1-20(39)35(47)46-16-15-45(18-22(46)12-13-41)34-26-17-27(37)30(25-7-3-5-21-8-11-28(40)31(38)29(21)25)33(49-24-9-10-24)32(26)42-36(43-34)48-19-23-6-4-14-44(23)2/h3,5,7-8,11,17,22-24H,1,4,6,9-10,12,14-16,18-19H2,2H3/t22-,23-/m0/s1. The van der Waals surface area contributed by atoms with E-state index in [0.29, 0.717) is 50.6 Å². The maximum atomic E-state index is 14.9. The number of hydrogen-bond acceptors (Lipinski definition) is 8. The molecule has 0 bridgehead atoms. The Balaban J connectivity index is 1.41. The Bertz CT molecular complexity index is 2020. The number of carbonyl (C=O) groups is 1. The van der Waals surface area contributed by atoms with Crippen molar-refractivity contribution >= 4 is 56.6 Å². The number of halogens is 4. The predicted molar refractivity (Wildman–Crippen MR) is 185 cm³/mol. The number of rotatable bonds is 9. The lowest BCUT2D eigenvalue weighted by molar-refractivity contribution is -0.131. The van der Waals surface area contributed by atoms with E-state index in [4.69, 9.17) is 42.6 Å². The first-order chi connectivity index (χ1) is 23.6. The molecule has 49 heavy (non-hydrogen) atoms. The summed E-state index contributed by atoms with van der Waals surface area (Å²) >= 11 is 13.7. The molecular formula is C36H34Cl2F2N6O3. The zero-order valence-corrected chi connectivity index (χ0v) is 28.4. The van der Waals surface area contributed by atoms with Crippen LogP contribution in [0.5, 0.6) is 11.8 Å². The molecule has 0 N–H and O–H groups in total. The first-order valence-electron chi connectivity index (χ1n) is 16.3. The Morgan fingerprint density at radius 3 is 2.65 bits per heavy atom. The molecule has 1 aromatic heterocycles. The number of nitrogens with zero attached hydrogens (tertiary/aromatic N) is 6. The number of hydrogen-bond donors (Lipinski definition) is 0. The van der Waals surface area contributed by atoms with Gasteiger partial charge in [0.1, 0.15) is 23.8 Å². The van der Waals surface area contributed by atoms with Crippen molar-refractivity contribution < 1.29 is 23.0 Å². The lowest BCUT2D eigenvalue weighted by Gasteiger charge is -2.41. The first kappa shape index (κ1) is 33.3. The summed E-state index contributed by atoms with van der Waals surface area (Å²) in [7, 11) is 2.06. The van der Waals surface area contributed by atoms with E-state index in [1.165, 1.54) is 11.0 Å². The molecule has 1 amide bonds. The second kappa shape index (κ2) is 13.6. The molecule has 1 aliphatic carbocycles. The van der Waals surface area contributed by atoms with Gasteiger partial charge in [-0.05, 0) is 62.4 Å². The normalized spacial score (nSPS) is 19.8. The van der Waals surface area contributed by atoms with Crippen LogP contribution < -0.4 is 14.4 Å². The summed E-state index contributed by atoms with van der Waals surface area (Å²) in [6, 6.07) is 12.1. The van der Waals surface area contributed by atoms with Crippen LogP contribution >= 0.6 is 23.2 Å². The van der Waals surface area contributed by atoms with E-state index in [9.17, 15) is 18.8 Å². The van der Waals surface area contributed by atoms with Crippen molar-refractivity contribution in [3.63, 3.8) is 0 Å². The summed E-state index contributed by atoms with van der Waals surface area (Å²) < 4.78 is 41.7. The van der Waals surface area contributed by atoms with Gasteiger partial charge in [-0.1, -0.05) is 54.0 Å². The highest BCUT2D eigenvalue weighted by molar-refractivity contribution is 6.39. The van der Waals surface area contributed by atoms with Crippen LogP contribution in [0, 0.1) is 17.1 Å². The third-order valence-corrected chi connectivity index (χ3v) is 10.2. The molecule has 9 nitrogen and oxygen atoms in total. The van der Waals surface area contributed by atoms with E-state index >= 15 is 0 Å². The Labute approximate surface area is 292 Å². The molecule has 254 valence electrons. The predicted octanol–water partition coefficient (Wildman–Crippen LogP) is 7.32. The number of amides is 1. The Morgan fingerprint density at radius 2 is 1.94 bits per heavy atom. The lowest BCUT2D eigenvalue weighted by Crippen LogP contribution is -2.55. The van der Waals surface area contributed by atoms with E-state index in [-0.39, 0.29) is 49.2 Å². The summed E-state index contributed by atoms with van der Waals surface area (Å²) in [4.78, 5) is 28.0. The van der Waals surface area contributed by atoms with Gasteiger partial charge in [0.05, 0.1) is 34.7 Å². The first-order valence-corrected chi connectivity index (χ1v) is 17.1. The van der Waals surface area contributed by atoms with Gasteiger partial charge in [-0.2, -0.15) is 15.2 Å². The number of aromatic nitrogens is 2. The van der Waals surface area contributed by atoms with Crippen molar-refractivity contribution in [2.24, 2.45) is 0 Å². The highest BCUT2D eigenvalue weighted by atomic mass is 35.5. The van der Waals surface area contributed by atoms with Crippen LogP contribution in [0.25, 0.3) is 32.8 Å². The van der Waals surface area contributed by atoms with Gasteiger partial charge in [-0.3, -0.25) is 4.79 Å². The molecular weight excluding hydrogens is 673 g/mol. The van der Waals surface area contributed by atoms with Crippen molar-refractivity contribution in [3.05, 3.63) is 64.7 Å². The second-order valence-electron chi connectivity index (χ2n) is 12.8. The number of anilines is 1. The maximum absolute atomic E-state index is 14.9. The second-order valence-corrected chi connectivity index (χ2v) is 13.6. The molecule has 2 saturated heterocycles. The molecule has 13 heteroatoms. The average molecular weight is 708 g/mol. The van der Waals surface area contributed by atoms with Gasteiger partial charge >= 0.3 is 6.01 Å². The lowest BCUT2D eigenvalue weighted by atomic mass is 9.95. The summed E-state index contributed by atoms with van der Waals surface area (Å²) in [6.45, 7) is 5.14. The van der Waals surface area contributed by atoms with Crippen LogP contribution in [-0.4, -0.2) is 83.7 Å². The summed E-state index contributed by atoms with van der Waals surface area (Å²) in [5.41, 5.74) is 1.56. The molecule has 0 unspecified atom stereocenters. The molecule has 0 spiro atoms. The van der Waals surface area contributed by atoms with Gasteiger partial charge in [0.25, 0.3) is 5.91 Å². The van der Waals surface area contributed by atoms with E-state index in [1.54, 1.807) is 12.1 Å². The molecule has 4 aromatic rings. The maximum Gasteiger partial charge on any atom is 0.319 e. The minimum absolute atomic E-state index is 0.0186. The number of nitriles is 1. The number of likely N-dealkylation sites (tertiary alicyclic amines) is 1. The van der Waals surface area contributed by atoms with Crippen molar-refractivity contribution in [2.45, 2.75) is 50.3 Å². The van der Waals surface area contributed by atoms with Crippen LogP contribution in [-0.2, 0) is 4.79 Å². The molecule has 1 saturated carbocycles. The van der Waals surface area contributed by atoms with Gasteiger partial charge in [0, 0.05) is 42.0 Å². The van der Waals surface area contributed by atoms with Gasteiger partial charge in [-0.15, -0.1) is 0 Å². The van der Waals surface area contributed by atoms with Crippen molar-refractivity contribution in [2.75, 3.05) is 44.7 Å². The Kier molecular flexibility index (Phi) is 9.22. The SMILES string of the molecule is C=C(F)C(=O)N1CCN(c2nc(OC[C@@H]3CCCN3C)nc3c(OC4CC4)c(-c4cccc5ccc(F)c(Cl)c45)c(Cl)cc23)C[C@@H]1CC#N. The van der Waals surface area contributed by atoms with Crippen LogP contribution in [0.4, 0.5) is 14.6 Å². The molecule has 2 aliphatic heterocycles. The number of piperazine rings is 1. The van der Waals surface area contributed by atoms with Crippen LogP contribution in [0.15, 0.2) is 48.8 Å². The van der Waals surface area contributed by atoms with Crippen molar-refractivity contribution in [1.29, 1.82) is 5.26 Å². The fourth-order valence-corrected chi connectivity index (χ4v) is 7.39. The third kappa shape index (κ3) is 6.45. The van der Waals surface area contributed by atoms with Gasteiger partial charge < -0.3 is 24.2 Å². The molecule has 2 atom stereocenters. The Hall–Kier alpha value is -4.24. The Morgan fingerprint density at radius 1 is 1.12 bits per heavy atom. The van der Waals surface area contributed by atoms with Crippen molar-refractivity contribution in [1.82, 2.24) is 19.8 Å². The van der Waals surface area contributed by atoms with E-state index in [1.807, 2.05) is 23.1 Å². The van der Waals surface area contributed by atoms with Gasteiger partial charge in [0.15, 0.2) is 11.6 Å². The zero-order valence-electron chi connectivity index (χ0n) is 26.9. The minimum atomic E-state index is -1.08. The van der Waals surface area contributed by atoms with E-state index in [0.717, 1.165) is 37.6 Å². The fourth-order valence-electron chi connectivity index (χ4n) is 6.82. The molecule has 3 fully saturated rings. The fraction of sp³-hybridized carbons (Fsp3) is 0.389. The third-order valence-electron chi connectivity index (χ3n) is 9.55. The molecule has 0 radical (unpaired) electrons. The number of benzene rings is 3. The number of fused-ring (bicyclic) bond motifs is 2. The summed E-state index contributed by atoms with van der Waals surface area (Å²) in [5.74, 6) is -1.59. The largest absolute Gasteiger partial charge is 0.487 e. The van der Waals surface area contributed by atoms with Crippen molar-refractivity contribution in [3.8, 4) is 29.0 Å². The zero-order chi connectivity index (χ0) is 34.4. The van der Waals surface area contributed by atoms with Crippen LogP contribution in [0.2, 0.25) is 10.0 Å². The molecule has 3 aromatic carbocycles. The smallest absolute Gasteiger partial charge is 0.319 e. The summed E-state index contributed by atoms with van der Waals surface area (Å²) in [6.07, 6.45) is 3.66. The quantitative estimate of drug-likeness (QED) is 0.167. The highest BCUT2D eigenvalue weighted by Crippen LogP contribution is 2.49. The van der Waals surface area contributed by atoms with Gasteiger partial charge in [-0.25, -0.2) is 8.78 Å². The topological polar surface area (TPSA) is 94.8 Å². The number of ether oxygens (including phenoxy) is 2. The van der Waals surface area contributed by atoms with Crippen LogP contribution in [0.3, 0.4) is 0 Å². The van der Waals surface area contributed by atoms with E-state index < -0.39 is 23.6 Å². The van der Waals surface area contributed by atoms with Crippen LogP contribution in [0.1, 0.15) is 32.1 Å². The molecule has 3 aliphatic rings. The number of carbonyl (C=O) groups excluding carboxylic acids is 1. The molecule has 7 rings (SSSR count). The van der Waals surface area contributed by atoms with E-state index in [2.05, 4.69) is 24.6 Å². The summed E-state index contributed by atoms with van der Waals surface area (Å²) in [5, 5.41) is 11.7. The monoisotopic (exact) mass is 706 g/mol. The highest BCUT2D eigenvalue weighted by Gasteiger charge is 2.35. The van der Waals surface area contributed by atoms with Gasteiger partial charge in [0.2, 0.25) is 0 Å².